The summed E-state index contributed by atoms with van der Waals surface area (Å²) in [6, 6.07) is 0. The molecule has 0 unspecified atom stereocenters. The Labute approximate surface area is 109 Å². The van der Waals surface area contributed by atoms with Crippen molar-refractivity contribution in [3.8, 4) is 0 Å². The highest BCUT2D eigenvalue weighted by atomic mass is 32.2. The monoisotopic (exact) mass is 278 g/mol. The van der Waals surface area contributed by atoms with E-state index < -0.39 is 16.0 Å². The van der Waals surface area contributed by atoms with Crippen LogP contribution in [-0.2, 0) is 19.7 Å². The third-order valence-electron chi connectivity index (χ3n) is 3.21. The molecule has 2 fully saturated rings. The van der Waals surface area contributed by atoms with E-state index >= 15 is 0 Å². The normalized spacial score (nSPS) is 25.1. The van der Waals surface area contributed by atoms with Gasteiger partial charge in [0.1, 0.15) is 0 Å². The van der Waals surface area contributed by atoms with Crippen LogP contribution >= 0.6 is 0 Å². The summed E-state index contributed by atoms with van der Waals surface area (Å²) < 4.78 is 39.5. The van der Waals surface area contributed by atoms with Crippen molar-refractivity contribution in [2.24, 2.45) is 5.92 Å². The topological polar surface area (TPSA) is 67.9 Å². The van der Waals surface area contributed by atoms with E-state index in [2.05, 4.69) is 4.72 Å². The molecule has 0 bridgehead atoms. The minimum Gasteiger partial charge on any atom is -0.346 e. The fourth-order valence-corrected chi connectivity index (χ4v) is 3.72. The number of ether oxygens (including phenoxy) is 2. The molecule has 0 radical (unpaired) electrons. The first-order valence-electron chi connectivity index (χ1n) is 6.46. The van der Waals surface area contributed by atoms with Crippen molar-refractivity contribution in [3.63, 3.8) is 0 Å². The summed E-state index contributed by atoms with van der Waals surface area (Å²) in [7, 11) is -3.42. The fourth-order valence-electron chi connectivity index (χ4n) is 2.25. The van der Waals surface area contributed by atoms with E-state index in [-0.39, 0.29) is 5.92 Å². The SMILES string of the molecule is CC(C)CNS(=O)(=O)N1CCCC2(C1)OCCO2. The molecule has 0 amide bonds. The summed E-state index contributed by atoms with van der Waals surface area (Å²) in [6.45, 7) is 6.32. The summed E-state index contributed by atoms with van der Waals surface area (Å²) in [6.07, 6.45) is 1.53. The highest BCUT2D eigenvalue weighted by Crippen LogP contribution is 2.30. The van der Waals surface area contributed by atoms with Gasteiger partial charge in [0.25, 0.3) is 10.2 Å². The van der Waals surface area contributed by atoms with Crippen LogP contribution in [-0.4, -0.2) is 51.4 Å². The van der Waals surface area contributed by atoms with E-state index in [0.29, 0.717) is 32.8 Å². The molecule has 2 heterocycles. The standard InChI is InChI=1S/C11H22N2O4S/c1-10(2)8-12-18(14,15)13-5-3-4-11(9-13)16-6-7-17-11/h10,12H,3-9H2,1-2H3. The minimum absolute atomic E-state index is 0.289. The third-order valence-corrected chi connectivity index (χ3v) is 4.73. The van der Waals surface area contributed by atoms with Gasteiger partial charge in [0.15, 0.2) is 5.79 Å². The predicted molar refractivity (Wildman–Crippen MR) is 67.2 cm³/mol. The number of nitrogens with one attached hydrogen (secondary N) is 1. The van der Waals surface area contributed by atoms with Crippen molar-refractivity contribution in [2.75, 3.05) is 32.8 Å². The van der Waals surface area contributed by atoms with Gasteiger partial charge in [-0.1, -0.05) is 13.8 Å². The molecular formula is C11H22N2O4S. The van der Waals surface area contributed by atoms with Gasteiger partial charge >= 0.3 is 0 Å². The van der Waals surface area contributed by atoms with Crippen LogP contribution in [0.1, 0.15) is 26.7 Å². The van der Waals surface area contributed by atoms with Crippen LogP contribution in [0.5, 0.6) is 0 Å². The largest absolute Gasteiger partial charge is 0.346 e. The molecule has 0 aromatic heterocycles. The fraction of sp³-hybridized carbons (Fsp3) is 1.00. The van der Waals surface area contributed by atoms with Crippen molar-refractivity contribution < 1.29 is 17.9 Å². The molecule has 6 nitrogen and oxygen atoms in total. The van der Waals surface area contributed by atoms with Gasteiger partial charge in [0, 0.05) is 19.5 Å². The number of hydrogen-bond donors (Lipinski definition) is 1. The van der Waals surface area contributed by atoms with Gasteiger partial charge in [0.2, 0.25) is 0 Å². The molecule has 0 saturated carbocycles. The maximum absolute atomic E-state index is 12.1. The van der Waals surface area contributed by atoms with Gasteiger partial charge in [-0.3, -0.25) is 0 Å². The number of hydrogen-bond acceptors (Lipinski definition) is 4. The third kappa shape index (κ3) is 3.21. The summed E-state index contributed by atoms with van der Waals surface area (Å²) in [4.78, 5) is 0. The van der Waals surface area contributed by atoms with Crippen molar-refractivity contribution in [3.05, 3.63) is 0 Å². The zero-order valence-electron chi connectivity index (χ0n) is 11.0. The Kier molecular flexibility index (Phi) is 4.28. The van der Waals surface area contributed by atoms with E-state index in [1.54, 1.807) is 0 Å². The second kappa shape index (κ2) is 5.42. The van der Waals surface area contributed by atoms with Gasteiger partial charge in [0.05, 0.1) is 19.8 Å². The van der Waals surface area contributed by atoms with E-state index in [1.165, 1.54) is 4.31 Å². The van der Waals surface area contributed by atoms with Crippen molar-refractivity contribution >= 4 is 10.2 Å². The van der Waals surface area contributed by atoms with E-state index in [0.717, 1.165) is 12.8 Å². The molecule has 2 aliphatic rings. The summed E-state index contributed by atoms with van der Waals surface area (Å²) >= 11 is 0. The lowest BCUT2D eigenvalue weighted by molar-refractivity contribution is -0.179. The van der Waals surface area contributed by atoms with Gasteiger partial charge in [-0.05, 0) is 12.3 Å². The minimum atomic E-state index is -3.42. The first-order valence-corrected chi connectivity index (χ1v) is 7.90. The number of nitrogens with zero attached hydrogens (tertiary/aromatic N) is 1. The average Bonchev–Trinajstić information content (AvgIpc) is 2.75. The quantitative estimate of drug-likeness (QED) is 0.804. The molecule has 106 valence electrons. The average molecular weight is 278 g/mol. The van der Waals surface area contributed by atoms with Crippen LogP contribution in [0.4, 0.5) is 0 Å². The molecule has 2 saturated heterocycles. The molecular weight excluding hydrogens is 256 g/mol. The van der Waals surface area contributed by atoms with E-state index in [4.69, 9.17) is 9.47 Å². The first-order chi connectivity index (χ1) is 8.44. The Morgan fingerprint density at radius 1 is 1.33 bits per heavy atom. The molecule has 18 heavy (non-hydrogen) atoms. The Morgan fingerprint density at radius 3 is 2.61 bits per heavy atom. The van der Waals surface area contributed by atoms with Crippen LogP contribution in [0.15, 0.2) is 0 Å². The highest BCUT2D eigenvalue weighted by molar-refractivity contribution is 7.87. The van der Waals surface area contributed by atoms with Crippen LogP contribution < -0.4 is 4.72 Å². The van der Waals surface area contributed by atoms with E-state index in [9.17, 15) is 8.42 Å². The second-order valence-electron chi connectivity index (χ2n) is 5.29. The molecule has 0 aromatic carbocycles. The Hall–Kier alpha value is -0.210. The Balaban J connectivity index is 1.99. The molecule has 2 rings (SSSR count). The molecule has 1 spiro atoms. The first kappa shape index (κ1) is 14.2. The molecule has 1 N–H and O–H groups in total. The van der Waals surface area contributed by atoms with Crippen molar-refractivity contribution in [1.29, 1.82) is 0 Å². The Morgan fingerprint density at radius 2 is 2.00 bits per heavy atom. The molecule has 0 aliphatic carbocycles. The van der Waals surface area contributed by atoms with Gasteiger partial charge in [-0.15, -0.1) is 0 Å². The van der Waals surface area contributed by atoms with Gasteiger partial charge < -0.3 is 9.47 Å². The maximum atomic E-state index is 12.1. The highest BCUT2D eigenvalue weighted by Gasteiger charge is 2.43. The lowest BCUT2D eigenvalue weighted by atomic mass is 10.1. The summed E-state index contributed by atoms with van der Waals surface area (Å²) in [5, 5.41) is 0. The summed E-state index contributed by atoms with van der Waals surface area (Å²) in [5.41, 5.74) is 0. The zero-order chi connectivity index (χ0) is 13.2. The Bertz CT molecular complexity index is 377. The smallest absolute Gasteiger partial charge is 0.279 e. The molecule has 0 atom stereocenters. The molecule has 2 aliphatic heterocycles. The maximum Gasteiger partial charge on any atom is 0.279 e. The summed E-state index contributed by atoms with van der Waals surface area (Å²) in [5.74, 6) is -0.414. The lowest BCUT2D eigenvalue weighted by Crippen LogP contribution is -2.54. The van der Waals surface area contributed by atoms with Crippen molar-refractivity contribution in [1.82, 2.24) is 9.03 Å². The van der Waals surface area contributed by atoms with Gasteiger partial charge in [-0.25, -0.2) is 4.72 Å². The predicted octanol–water partition coefficient (Wildman–Crippen LogP) is 0.316. The van der Waals surface area contributed by atoms with Crippen LogP contribution in [0.25, 0.3) is 0 Å². The lowest BCUT2D eigenvalue weighted by Gasteiger charge is -2.37. The van der Waals surface area contributed by atoms with Crippen LogP contribution in [0, 0.1) is 5.92 Å². The molecule has 0 aromatic rings. The zero-order valence-corrected chi connectivity index (χ0v) is 11.8. The number of piperidine rings is 1. The molecule has 7 heteroatoms. The number of rotatable bonds is 4. The van der Waals surface area contributed by atoms with E-state index in [1.807, 2.05) is 13.8 Å². The van der Waals surface area contributed by atoms with Crippen LogP contribution in [0.3, 0.4) is 0 Å². The van der Waals surface area contributed by atoms with Crippen molar-refractivity contribution in [2.45, 2.75) is 32.5 Å². The second-order valence-corrected chi connectivity index (χ2v) is 7.05. The van der Waals surface area contributed by atoms with Gasteiger partial charge in [-0.2, -0.15) is 12.7 Å². The van der Waals surface area contributed by atoms with Crippen LogP contribution in [0.2, 0.25) is 0 Å².